The fourth-order valence-corrected chi connectivity index (χ4v) is 3.69. The number of rotatable bonds is 7. The van der Waals surface area contributed by atoms with Gasteiger partial charge >= 0.3 is 0 Å². The summed E-state index contributed by atoms with van der Waals surface area (Å²) in [6.07, 6.45) is 7.94. The first-order valence-corrected chi connectivity index (χ1v) is 8.90. The van der Waals surface area contributed by atoms with Gasteiger partial charge in [0.05, 0.1) is 5.69 Å². The van der Waals surface area contributed by atoms with Crippen LogP contribution in [0.4, 0.5) is 0 Å². The Kier molecular flexibility index (Phi) is 6.28. The van der Waals surface area contributed by atoms with Crippen LogP contribution in [0.25, 0.3) is 0 Å². The molecule has 1 fully saturated rings. The van der Waals surface area contributed by atoms with Crippen LogP contribution in [0.5, 0.6) is 0 Å². The second kappa shape index (κ2) is 7.98. The highest BCUT2D eigenvalue weighted by Gasteiger charge is 2.26. The molecule has 0 aliphatic heterocycles. The quantitative estimate of drug-likeness (QED) is 0.824. The van der Waals surface area contributed by atoms with Crippen molar-refractivity contribution in [3.63, 3.8) is 0 Å². The summed E-state index contributed by atoms with van der Waals surface area (Å²) in [5.74, 6) is 1.77. The number of hydrogen-bond acceptors (Lipinski definition) is 2. The molecule has 1 heterocycles. The summed E-state index contributed by atoms with van der Waals surface area (Å²) in [5, 5.41) is 8.43. The predicted octanol–water partition coefficient (Wildman–Crippen LogP) is 3.95. The standard InChI is InChI=1S/C18H33N3/c1-5-11-19-18(16-9-7-14(3)8-10-16)13-17-12-15(4)20-21(17)6-2/h12,14,16,18-19H,5-11,13H2,1-4H3. The summed E-state index contributed by atoms with van der Waals surface area (Å²) in [7, 11) is 0. The van der Waals surface area contributed by atoms with Crippen LogP contribution < -0.4 is 5.32 Å². The number of nitrogens with zero attached hydrogens (tertiary/aromatic N) is 2. The maximum absolute atomic E-state index is 4.61. The van der Waals surface area contributed by atoms with E-state index in [9.17, 15) is 0 Å². The van der Waals surface area contributed by atoms with E-state index in [2.05, 4.69) is 48.9 Å². The molecule has 1 saturated carbocycles. The van der Waals surface area contributed by atoms with Crippen molar-refractivity contribution in [2.75, 3.05) is 6.54 Å². The Balaban J connectivity index is 2.04. The summed E-state index contributed by atoms with van der Waals surface area (Å²) < 4.78 is 2.18. The topological polar surface area (TPSA) is 29.9 Å². The van der Waals surface area contributed by atoms with Gasteiger partial charge in [0.25, 0.3) is 0 Å². The molecule has 0 saturated heterocycles. The molecule has 1 aliphatic rings. The van der Waals surface area contributed by atoms with Crippen molar-refractivity contribution in [1.82, 2.24) is 15.1 Å². The van der Waals surface area contributed by atoms with Gasteiger partial charge in [-0.1, -0.05) is 26.7 Å². The van der Waals surface area contributed by atoms with E-state index in [-0.39, 0.29) is 0 Å². The van der Waals surface area contributed by atoms with Gasteiger partial charge < -0.3 is 5.32 Å². The molecule has 1 aromatic heterocycles. The van der Waals surface area contributed by atoms with E-state index in [0.717, 1.165) is 37.0 Å². The molecule has 0 aromatic carbocycles. The molecular weight excluding hydrogens is 258 g/mol. The van der Waals surface area contributed by atoms with Gasteiger partial charge in [0.2, 0.25) is 0 Å². The Morgan fingerprint density at radius 3 is 2.62 bits per heavy atom. The van der Waals surface area contributed by atoms with Crippen LogP contribution in [0.2, 0.25) is 0 Å². The second-order valence-corrected chi connectivity index (χ2v) is 6.88. The third kappa shape index (κ3) is 4.57. The first-order chi connectivity index (χ1) is 10.1. The van der Waals surface area contributed by atoms with Gasteiger partial charge in [-0.15, -0.1) is 0 Å². The normalized spacial score (nSPS) is 24.2. The molecule has 2 rings (SSSR count). The average Bonchev–Trinajstić information content (AvgIpc) is 2.84. The maximum Gasteiger partial charge on any atom is 0.0596 e. The molecule has 0 bridgehead atoms. The molecule has 1 unspecified atom stereocenters. The molecule has 120 valence electrons. The maximum atomic E-state index is 4.61. The molecule has 1 aromatic rings. The Bertz CT molecular complexity index is 416. The van der Waals surface area contributed by atoms with Crippen LogP contribution in [0, 0.1) is 18.8 Å². The summed E-state index contributed by atoms with van der Waals surface area (Å²) in [5.41, 5.74) is 2.56. The molecule has 1 atom stereocenters. The van der Waals surface area contributed by atoms with Crippen LogP contribution in [-0.2, 0) is 13.0 Å². The lowest BCUT2D eigenvalue weighted by atomic mass is 9.78. The van der Waals surface area contributed by atoms with Crippen LogP contribution in [0.1, 0.15) is 64.3 Å². The van der Waals surface area contributed by atoms with Gasteiger partial charge in [-0.05, 0) is 57.6 Å². The van der Waals surface area contributed by atoms with Crippen LogP contribution in [-0.4, -0.2) is 22.4 Å². The predicted molar refractivity (Wildman–Crippen MR) is 89.5 cm³/mol. The number of hydrogen-bond donors (Lipinski definition) is 1. The van der Waals surface area contributed by atoms with E-state index in [1.807, 2.05) is 0 Å². The van der Waals surface area contributed by atoms with Crippen molar-refractivity contribution in [2.45, 2.75) is 78.8 Å². The van der Waals surface area contributed by atoms with E-state index < -0.39 is 0 Å². The van der Waals surface area contributed by atoms with Gasteiger partial charge in [0.15, 0.2) is 0 Å². The average molecular weight is 291 g/mol. The van der Waals surface area contributed by atoms with Crippen LogP contribution in [0.3, 0.4) is 0 Å². The SMILES string of the molecule is CCCNC(Cc1cc(C)nn1CC)C1CCC(C)CC1. The van der Waals surface area contributed by atoms with Gasteiger partial charge in [-0.3, -0.25) is 4.68 Å². The van der Waals surface area contributed by atoms with Crippen molar-refractivity contribution in [2.24, 2.45) is 11.8 Å². The van der Waals surface area contributed by atoms with E-state index in [0.29, 0.717) is 6.04 Å². The van der Waals surface area contributed by atoms with Crippen molar-refractivity contribution in [1.29, 1.82) is 0 Å². The zero-order valence-corrected chi connectivity index (χ0v) is 14.4. The van der Waals surface area contributed by atoms with Crippen molar-refractivity contribution < 1.29 is 0 Å². The summed E-state index contributed by atoms with van der Waals surface area (Å²) in [6.45, 7) is 11.1. The second-order valence-electron chi connectivity index (χ2n) is 6.88. The van der Waals surface area contributed by atoms with Gasteiger partial charge in [0, 0.05) is 24.7 Å². The largest absolute Gasteiger partial charge is 0.313 e. The lowest BCUT2D eigenvalue weighted by Gasteiger charge is -2.33. The van der Waals surface area contributed by atoms with E-state index in [1.165, 1.54) is 37.8 Å². The number of aromatic nitrogens is 2. The minimum atomic E-state index is 0.624. The highest BCUT2D eigenvalue weighted by Crippen LogP contribution is 2.31. The molecule has 3 nitrogen and oxygen atoms in total. The molecule has 0 spiro atoms. The van der Waals surface area contributed by atoms with Crippen molar-refractivity contribution in [3.05, 3.63) is 17.5 Å². The molecule has 21 heavy (non-hydrogen) atoms. The van der Waals surface area contributed by atoms with E-state index in [4.69, 9.17) is 0 Å². The van der Waals surface area contributed by atoms with Crippen molar-refractivity contribution >= 4 is 0 Å². The first kappa shape index (κ1) is 16.5. The Morgan fingerprint density at radius 1 is 1.29 bits per heavy atom. The third-order valence-electron chi connectivity index (χ3n) is 5.00. The van der Waals surface area contributed by atoms with Gasteiger partial charge in [-0.25, -0.2) is 0 Å². The molecule has 0 radical (unpaired) electrons. The van der Waals surface area contributed by atoms with Gasteiger partial charge in [-0.2, -0.15) is 5.10 Å². The van der Waals surface area contributed by atoms with Gasteiger partial charge in [0.1, 0.15) is 0 Å². The van der Waals surface area contributed by atoms with E-state index >= 15 is 0 Å². The van der Waals surface area contributed by atoms with Crippen LogP contribution in [0.15, 0.2) is 6.07 Å². The molecular formula is C18H33N3. The van der Waals surface area contributed by atoms with Crippen LogP contribution >= 0.6 is 0 Å². The molecule has 1 N–H and O–H groups in total. The number of nitrogens with one attached hydrogen (secondary N) is 1. The lowest BCUT2D eigenvalue weighted by molar-refractivity contribution is 0.227. The molecule has 1 aliphatic carbocycles. The fraction of sp³-hybridized carbons (Fsp3) is 0.833. The smallest absolute Gasteiger partial charge is 0.0596 e. The lowest BCUT2D eigenvalue weighted by Crippen LogP contribution is -2.40. The Morgan fingerprint density at radius 2 is 2.00 bits per heavy atom. The number of aryl methyl sites for hydroxylation is 2. The fourth-order valence-electron chi connectivity index (χ4n) is 3.69. The zero-order valence-electron chi connectivity index (χ0n) is 14.4. The first-order valence-electron chi connectivity index (χ1n) is 8.90. The molecule has 3 heteroatoms. The Labute approximate surface area is 130 Å². The third-order valence-corrected chi connectivity index (χ3v) is 5.00. The minimum absolute atomic E-state index is 0.624. The van der Waals surface area contributed by atoms with E-state index in [1.54, 1.807) is 0 Å². The monoisotopic (exact) mass is 291 g/mol. The van der Waals surface area contributed by atoms with Crippen molar-refractivity contribution in [3.8, 4) is 0 Å². The highest BCUT2D eigenvalue weighted by molar-refractivity contribution is 5.11. The summed E-state index contributed by atoms with van der Waals surface area (Å²) in [6, 6.07) is 2.90. The summed E-state index contributed by atoms with van der Waals surface area (Å²) >= 11 is 0. The highest BCUT2D eigenvalue weighted by atomic mass is 15.3. The minimum Gasteiger partial charge on any atom is -0.313 e. The zero-order chi connectivity index (χ0) is 15.2. The molecule has 0 amide bonds. The summed E-state index contributed by atoms with van der Waals surface area (Å²) in [4.78, 5) is 0. The Hall–Kier alpha value is -0.830.